The number of methoxy groups -OCH3 is 1. The lowest BCUT2D eigenvalue weighted by Crippen LogP contribution is -2.28. The van der Waals surface area contributed by atoms with Crippen molar-refractivity contribution in [3.8, 4) is 17.2 Å². The van der Waals surface area contributed by atoms with Gasteiger partial charge < -0.3 is 25.0 Å². The monoisotopic (exact) mass is 522 g/mol. The fraction of sp³-hybridized carbons (Fsp3) is 0.280. The van der Waals surface area contributed by atoms with E-state index in [1.54, 1.807) is 19.2 Å². The molecular weight excluding hydrogens is 494 g/mol. The quantitative estimate of drug-likeness (QED) is 0.266. The molecule has 0 bridgehead atoms. The highest BCUT2D eigenvalue weighted by Gasteiger charge is 2.19. The molecule has 194 valence electrons. The molecule has 3 aromatic rings. The Balaban J connectivity index is 1.82. The number of alkyl halides is 2. The molecule has 0 amide bonds. The number of hydrogen-bond donors (Lipinski definition) is 4. The van der Waals surface area contributed by atoms with Gasteiger partial charge in [-0.15, -0.1) is 0 Å². The van der Waals surface area contributed by atoms with E-state index in [2.05, 4.69) is 14.8 Å². The number of halogens is 2. The molecule has 0 radical (unpaired) electrons. The van der Waals surface area contributed by atoms with Gasteiger partial charge in [0, 0.05) is 12.6 Å². The Hall–Kier alpha value is -3.41. The van der Waals surface area contributed by atoms with Crippen LogP contribution in [-0.2, 0) is 16.4 Å². The number of anilines is 1. The first-order valence-corrected chi connectivity index (χ1v) is 12.8. The van der Waals surface area contributed by atoms with Crippen LogP contribution in [0.4, 0.5) is 14.5 Å². The second-order valence-corrected chi connectivity index (χ2v) is 9.84. The summed E-state index contributed by atoms with van der Waals surface area (Å²) in [5.74, 6) is 0.432. The molecule has 11 heteroatoms. The van der Waals surface area contributed by atoms with Gasteiger partial charge in [-0.2, -0.15) is 8.78 Å². The minimum absolute atomic E-state index is 0.0276. The third-order valence-corrected chi connectivity index (χ3v) is 5.97. The molecule has 0 spiro atoms. The Labute approximate surface area is 208 Å². The third kappa shape index (κ3) is 7.80. The largest absolute Gasteiger partial charge is 0.506 e. The van der Waals surface area contributed by atoms with Crippen LogP contribution in [0.25, 0.3) is 0 Å². The van der Waals surface area contributed by atoms with Gasteiger partial charge >= 0.3 is 6.61 Å². The first-order chi connectivity index (χ1) is 17.1. The fourth-order valence-electron chi connectivity index (χ4n) is 3.70. The average Bonchev–Trinajstić information content (AvgIpc) is 2.82. The van der Waals surface area contributed by atoms with Crippen molar-refractivity contribution in [3.63, 3.8) is 0 Å². The van der Waals surface area contributed by atoms with Crippen LogP contribution in [0.3, 0.4) is 0 Å². The van der Waals surface area contributed by atoms with Gasteiger partial charge in [-0.1, -0.05) is 36.4 Å². The van der Waals surface area contributed by atoms with Crippen LogP contribution < -0.4 is 19.5 Å². The van der Waals surface area contributed by atoms with Crippen molar-refractivity contribution in [1.82, 2.24) is 5.32 Å². The molecule has 0 fully saturated rings. The second kappa shape index (κ2) is 12.0. The number of aromatic hydroxyl groups is 1. The van der Waals surface area contributed by atoms with Gasteiger partial charge in [-0.05, 0) is 53.4 Å². The molecule has 0 heterocycles. The van der Waals surface area contributed by atoms with Crippen molar-refractivity contribution in [2.75, 3.05) is 24.6 Å². The van der Waals surface area contributed by atoms with E-state index in [9.17, 15) is 27.4 Å². The van der Waals surface area contributed by atoms with Crippen molar-refractivity contribution in [2.45, 2.75) is 25.2 Å². The van der Waals surface area contributed by atoms with Gasteiger partial charge in [0.15, 0.2) is 0 Å². The summed E-state index contributed by atoms with van der Waals surface area (Å²) in [6, 6.07) is 17.4. The van der Waals surface area contributed by atoms with Crippen LogP contribution in [-0.4, -0.2) is 45.2 Å². The molecule has 0 aliphatic rings. The summed E-state index contributed by atoms with van der Waals surface area (Å²) in [7, 11) is -2.07. The number of phenols is 1. The predicted molar refractivity (Wildman–Crippen MR) is 132 cm³/mol. The average molecular weight is 523 g/mol. The van der Waals surface area contributed by atoms with Crippen molar-refractivity contribution < 1.29 is 36.9 Å². The number of nitrogens with one attached hydrogen (secondary N) is 2. The number of benzene rings is 3. The molecule has 0 saturated carbocycles. The molecule has 3 rings (SSSR count). The molecule has 0 aromatic heterocycles. The summed E-state index contributed by atoms with van der Waals surface area (Å²) < 4.78 is 60.3. The first kappa shape index (κ1) is 27.2. The molecule has 4 N–H and O–H groups in total. The number of hydrogen-bond acceptors (Lipinski definition) is 7. The number of sulfonamides is 1. The van der Waals surface area contributed by atoms with Gasteiger partial charge in [-0.25, -0.2) is 8.42 Å². The van der Waals surface area contributed by atoms with E-state index >= 15 is 0 Å². The van der Waals surface area contributed by atoms with Crippen LogP contribution in [0, 0.1) is 0 Å². The van der Waals surface area contributed by atoms with Crippen molar-refractivity contribution >= 4 is 15.7 Å². The van der Waals surface area contributed by atoms with Gasteiger partial charge in [-0.3, -0.25) is 4.72 Å². The highest BCUT2D eigenvalue weighted by Crippen LogP contribution is 2.30. The normalized spacial score (nSPS) is 13.3. The van der Waals surface area contributed by atoms with Crippen molar-refractivity contribution in [2.24, 2.45) is 0 Å². The lowest BCUT2D eigenvalue weighted by Gasteiger charge is -2.23. The molecular formula is C25H28F2N2O6S. The van der Waals surface area contributed by atoms with Gasteiger partial charge in [0.1, 0.15) is 17.2 Å². The summed E-state index contributed by atoms with van der Waals surface area (Å²) in [6.45, 7) is -2.86. The highest BCUT2D eigenvalue weighted by atomic mass is 32.2. The van der Waals surface area contributed by atoms with Crippen molar-refractivity contribution in [3.05, 3.63) is 83.4 Å². The number of ether oxygens (including phenoxy) is 2. The standard InChI is InChI=1S/C25H28F2N2O6S/c1-34-24-6-4-3-5-18(24)14-20(16-7-10-19(11-8-16)35-25(26)27)28-15-23(31)17-9-12-22(30)21(13-17)29-36(2,32)33/h3-13,20,23,25,28-31H,14-15H2,1-2H3/t20?,23-/m0/s1. The molecule has 8 nitrogen and oxygen atoms in total. The van der Waals surface area contributed by atoms with Crippen LogP contribution in [0.15, 0.2) is 66.7 Å². The van der Waals surface area contributed by atoms with E-state index in [4.69, 9.17) is 4.74 Å². The first-order valence-electron chi connectivity index (χ1n) is 10.9. The number of aliphatic hydroxyl groups is 1. The molecule has 1 unspecified atom stereocenters. The summed E-state index contributed by atoms with van der Waals surface area (Å²) in [5.41, 5.74) is 1.99. The maximum absolute atomic E-state index is 12.5. The van der Waals surface area contributed by atoms with Gasteiger partial charge in [0.2, 0.25) is 10.0 Å². The molecule has 36 heavy (non-hydrogen) atoms. The second-order valence-electron chi connectivity index (χ2n) is 8.09. The van der Waals surface area contributed by atoms with E-state index in [1.165, 1.54) is 30.3 Å². The molecule has 0 aliphatic heterocycles. The number of rotatable bonds is 12. The number of para-hydroxylation sites is 1. The van der Waals surface area contributed by atoms with Crippen LogP contribution in [0.5, 0.6) is 17.2 Å². The van der Waals surface area contributed by atoms with Gasteiger partial charge in [0.05, 0.1) is 25.2 Å². The smallest absolute Gasteiger partial charge is 0.387 e. The van der Waals surface area contributed by atoms with Crippen LogP contribution in [0.2, 0.25) is 0 Å². The highest BCUT2D eigenvalue weighted by molar-refractivity contribution is 7.92. The Morgan fingerprint density at radius 2 is 1.67 bits per heavy atom. The lowest BCUT2D eigenvalue weighted by molar-refractivity contribution is -0.0498. The fourth-order valence-corrected chi connectivity index (χ4v) is 4.26. The minimum Gasteiger partial charge on any atom is -0.506 e. The number of aliphatic hydroxyl groups excluding tert-OH is 1. The maximum atomic E-state index is 12.5. The van der Waals surface area contributed by atoms with Crippen LogP contribution in [0.1, 0.15) is 28.8 Å². The SMILES string of the molecule is COc1ccccc1CC(NC[C@H](O)c1ccc(O)c(NS(C)(=O)=O)c1)c1ccc(OC(F)F)cc1. The summed E-state index contributed by atoms with van der Waals surface area (Å²) in [5, 5.41) is 24.0. The molecule has 0 saturated heterocycles. The Morgan fingerprint density at radius 1 is 1.00 bits per heavy atom. The molecule has 3 aromatic carbocycles. The molecule has 2 atom stereocenters. The van der Waals surface area contributed by atoms with E-state index < -0.39 is 22.7 Å². The summed E-state index contributed by atoms with van der Waals surface area (Å²) in [4.78, 5) is 0. The number of phenolic OH excluding ortho intramolecular Hbond substituents is 1. The summed E-state index contributed by atoms with van der Waals surface area (Å²) in [6.07, 6.45) is 0.367. The minimum atomic E-state index is -3.63. The lowest BCUT2D eigenvalue weighted by atomic mass is 9.97. The van der Waals surface area contributed by atoms with E-state index in [0.717, 1.165) is 17.4 Å². The van der Waals surface area contributed by atoms with E-state index in [0.29, 0.717) is 17.7 Å². The van der Waals surface area contributed by atoms with Crippen LogP contribution >= 0.6 is 0 Å². The topological polar surface area (TPSA) is 117 Å². The zero-order chi connectivity index (χ0) is 26.3. The summed E-state index contributed by atoms with van der Waals surface area (Å²) >= 11 is 0. The zero-order valence-corrected chi connectivity index (χ0v) is 20.5. The van der Waals surface area contributed by atoms with Crippen molar-refractivity contribution in [1.29, 1.82) is 0 Å². The Kier molecular flexibility index (Phi) is 9.08. The Morgan fingerprint density at radius 3 is 2.31 bits per heavy atom. The van der Waals surface area contributed by atoms with E-state index in [-0.39, 0.29) is 29.8 Å². The Bertz CT molecular complexity index is 1260. The molecule has 0 aliphatic carbocycles. The third-order valence-electron chi connectivity index (χ3n) is 5.38. The van der Waals surface area contributed by atoms with E-state index in [1.807, 2.05) is 24.3 Å². The van der Waals surface area contributed by atoms with Gasteiger partial charge in [0.25, 0.3) is 0 Å². The maximum Gasteiger partial charge on any atom is 0.387 e. The predicted octanol–water partition coefficient (Wildman–Crippen LogP) is 3.98. The zero-order valence-electron chi connectivity index (χ0n) is 19.7.